The van der Waals surface area contributed by atoms with E-state index in [2.05, 4.69) is 70.9 Å². The lowest BCUT2D eigenvalue weighted by molar-refractivity contribution is 1.29. The molecule has 0 aliphatic rings. The first kappa shape index (κ1) is 10.3. The Labute approximate surface area is 110 Å². The second kappa shape index (κ2) is 3.95. The average Bonchev–Trinajstić information content (AvgIpc) is 2.98. The van der Waals surface area contributed by atoms with Crippen LogP contribution in [0.3, 0.4) is 0 Å². The molecule has 2 nitrogen and oxygen atoms in total. The molecule has 4 rings (SSSR count). The minimum Gasteiger partial charge on any atom is -0.341 e. The molecule has 0 aliphatic heterocycles. The van der Waals surface area contributed by atoms with Crippen LogP contribution in [0.1, 0.15) is 0 Å². The molecule has 0 atom stereocenters. The van der Waals surface area contributed by atoms with Crippen molar-refractivity contribution >= 4 is 21.5 Å². The van der Waals surface area contributed by atoms with Crippen molar-refractivity contribution in [3.63, 3.8) is 0 Å². The summed E-state index contributed by atoms with van der Waals surface area (Å²) in [5.41, 5.74) is 2.07. The first-order chi connectivity index (χ1) is 9.42. The van der Waals surface area contributed by atoms with Crippen molar-refractivity contribution in [1.29, 1.82) is 0 Å². The maximum atomic E-state index is 4.24. The molecule has 1 N–H and O–H groups in total. The molecule has 3 aromatic carbocycles. The van der Waals surface area contributed by atoms with E-state index in [1.165, 1.54) is 21.5 Å². The minimum absolute atomic E-state index is 0.931. The van der Waals surface area contributed by atoms with Gasteiger partial charge in [-0.25, -0.2) is 4.98 Å². The molecule has 0 amide bonds. The summed E-state index contributed by atoms with van der Waals surface area (Å²) >= 11 is 0. The summed E-state index contributed by atoms with van der Waals surface area (Å²) in [4.78, 5) is 7.13. The third-order valence-electron chi connectivity index (χ3n) is 3.47. The highest BCUT2D eigenvalue weighted by Crippen LogP contribution is 2.30. The molecule has 0 fully saturated rings. The van der Waals surface area contributed by atoms with Gasteiger partial charge in [-0.05, 0) is 33.7 Å². The van der Waals surface area contributed by atoms with Gasteiger partial charge in [0.15, 0.2) is 6.33 Å². The smallest absolute Gasteiger partial charge is 0.174 e. The molecule has 19 heavy (non-hydrogen) atoms. The van der Waals surface area contributed by atoms with Crippen molar-refractivity contribution in [1.82, 2.24) is 9.97 Å². The van der Waals surface area contributed by atoms with Crippen molar-refractivity contribution < 1.29 is 0 Å². The zero-order valence-corrected chi connectivity index (χ0v) is 10.2. The van der Waals surface area contributed by atoms with Crippen LogP contribution >= 0.6 is 0 Å². The zero-order chi connectivity index (χ0) is 12.7. The average molecular weight is 243 g/mol. The van der Waals surface area contributed by atoms with Gasteiger partial charge in [0.1, 0.15) is 0 Å². The molecular weight excluding hydrogens is 232 g/mol. The Bertz CT molecular complexity index is 861. The van der Waals surface area contributed by atoms with Crippen molar-refractivity contribution in [3.05, 3.63) is 67.1 Å². The molecule has 1 aromatic heterocycles. The Morgan fingerprint density at radius 2 is 1.63 bits per heavy atom. The number of imidazole rings is 1. The lowest BCUT2D eigenvalue weighted by atomic mass is 9.98. The van der Waals surface area contributed by atoms with Gasteiger partial charge in [0.25, 0.3) is 0 Å². The molecule has 0 saturated heterocycles. The van der Waals surface area contributed by atoms with Gasteiger partial charge in [-0.1, -0.05) is 42.5 Å². The molecule has 0 unspecified atom stereocenters. The van der Waals surface area contributed by atoms with E-state index >= 15 is 0 Å². The Morgan fingerprint density at radius 3 is 2.42 bits per heavy atom. The third kappa shape index (κ3) is 1.61. The van der Waals surface area contributed by atoms with E-state index in [1.807, 2.05) is 6.20 Å². The molecule has 0 saturated carbocycles. The van der Waals surface area contributed by atoms with Gasteiger partial charge < -0.3 is 4.98 Å². The highest BCUT2D eigenvalue weighted by atomic mass is 14.9. The van der Waals surface area contributed by atoms with Gasteiger partial charge in [-0.15, -0.1) is 0 Å². The Balaban J connectivity index is 2.12. The predicted octanol–water partition coefficient (Wildman–Crippen LogP) is 4.18. The van der Waals surface area contributed by atoms with Gasteiger partial charge in [-0.3, -0.25) is 0 Å². The lowest BCUT2D eigenvalue weighted by Crippen LogP contribution is -1.82. The number of aromatic amines is 1. The van der Waals surface area contributed by atoms with Crippen molar-refractivity contribution in [2.75, 3.05) is 0 Å². The summed E-state index contributed by atoms with van der Waals surface area (Å²) in [5, 5.41) is 4.98. The summed E-state index contributed by atoms with van der Waals surface area (Å²) in [6.07, 6.45) is 4.63. The van der Waals surface area contributed by atoms with Crippen LogP contribution in [0.5, 0.6) is 0 Å². The summed E-state index contributed by atoms with van der Waals surface area (Å²) in [6, 6.07) is 19.2. The summed E-state index contributed by atoms with van der Waals surface area (Å²) in [6.45, 7) is 0. The number of rotatable bonds is 1. The van der Waals surface area contributed by atoms with Gasteiger partial charge in [0.05, 0.1) is 5.69 Å². The molecule has 1 radical (unpaired) electrons. The molecule has 2 heteroatoms. The number of nitrogens with one attached hydrogen (secondary N) is 1. The van der Waals surface area contributed by atoms with Crippen LogP contribution in [0.15, 0.2) is 60.8 Å². The largest absolute Gasteiger partial charge is 0.341 e. The van der Waals surface area contributed by atoms with E-state index < -0.39 is 0 Å². The first-order valence-corrected chi connectivity index (χ1v) is 6.25. The fourth-order valence-electron chi connectivity index (χ4n) is 2.55. The highest BCUT2D eigenvalue weighted by Gasteiger charge is 2.06. The summed E-state index contributed by atoms with van der Waals surface area (Å²) in [5.74, 6) is 0. The van der Waals surface area contributed by atoms with E-state index in [1.54, 1.807) is 0 Å². The normalized spacial score (nSPS) is 11.2. The second-order valence-corrected chi connectivity index (χ2v) is 4.62. The van der Waals surface area contributed by atoms with Gasteiger partial charge in [-0.2, -0.15) is 0 Å². The Kier molecular flexibility index (Phi) is 2.15. The number of aromatic nitrogens is 2. The van der Waals surface area contributed by atoms with E-state index in [9.17, 15) is 0 Å². The number of benzene rings is 3. The molecule has 0 bridgehead atoms. The Morgan fingerprint density at radius 1 is 0.842 bits per heavy atom. The molecular formula is C17H11N2. The van der Waals surface area contributed by atoms with E-state index in [4.69, 9.17) is 0 Å². The van der Waals surface area contributed by atoms with E-state index in [-0.39, 0.29) is 0 Å². The number of nitrogens with zero attached hydrogens (tertiary/aromatic N) is 1. The van der Waals surface area contributed by atoms with Gasteiger partial charge in [0.2, 0.25) is 0 Å². The van der Waals surface area contributed by atoms with Crippen LogP contribution in [0.4, 0.5) is 0 Å². The highest BCUT2D eigenvalue weighted by molar-refractivity contribution is 6.04. The van der Waals surface area contributed by atoms with E-state index in [0.29, 0.717) is 0 Å². The summed E-state index contributed by atoms with van der Waals surface area (Å²) < 4.78 is 0. The molecule has 0 spiro atoms. The SMILES string of the molecule is [c]1nc(-c2cccc3cc4ccccc4cc23)c[nH]1. The number of hydrogen-bond donors (Lipinski definition) is 1. The zero-order valence-electron chi connectivity index (χ0n) is 10.2. The molecule has 1 heterocycles. The van der Waals surface area contributed by atoms with Crippen LogP contribution in [0.25, 0.3) is 32.8 Å². The van der Waals surface area contributed by atoms with Gasteiger partial charge in [0, 0.05) is 11.8 Å². The minimum atomic E-state index is 0.931. The van der Waals surface area contributed by atoms with Crippen LogP contribution in [0.2, 0.25) is 0 Å². The fourth-order valence-corrected chi connectivity index (χ4v) is 2.55. The van der Waals surface area contributed by atoms with Gasteiger partial charge >= 0.3 is 0 Å². The standard InChI is InChI=1S/C17H11N2/c1-2-5-13-9-16-14(8-12(13)4-1)6-3-7-15(16)17-10-18-11-19-17/h1-10H,(H,18,19). The predicted molar refractivity (Wildman–Crippen MR) is 77.9 cm³/mol. The third-order valence-corrected chi connectivity index (χ3v) is 3.47. The van der Waals surface area contributed by atoms with Crippen LogP contribution < -0.4 is 0 Å². The first-order valence-electron chi connectivity index (χ1n) is 6.25. The maximum Gasteiger partial charge on any atom is 0.174 e. The second-order valence-electron chi connectivity index (χ2n) is 4.62. The quantitative estimate of drug-likeness (QED) is 0.499. The molecule has 0 aliphatic carbocycles. The molecule has 4 aromatic rings. The number of fused-ring (bicyclic) bond motifs is 2. The summed E-state index contributed by atoms with van der Waals surface area (Å²) in [7, 11) is 0. The fraction of sp³-hybridized carbons (Fsp3) is 0. The maximum absolute atomic E-state index is 4.24. The monoisotopic (exact) mass is 243 g/mol. The van der Waals surface area contributed by atoms with E-state index in [0.717, 1.165) is 11.3 Å². The van der Waals surface area contributed by atoms with Crippen molar-refractivity contribution in [2.45, 2.75) is 0 Å². The van der Waals surface area contributed by atoms with Crippen LogP contribution in [0, 0.1) is 6.33 Å². The number of hydrogen-bond acceptors (Lipinski definition) is 1. The number of H-pyrrole nitrogens is 1. The molecule has 89 valence electrons. The van der Waals surface area contributed by atoms with Crippen molar-refractivity contribution in [2.24, 2.45) is 0 Å². The van der Waals surface area contributed by atoms with Crippen molar-refractivity contribution in [3.8, 4) is 11.3 Å². The Hall–Kier alpha value is -2.61. The van der Waals surface area contributed by atoms with Crippen LogP contribution in [-0.4, -0.2) is 9.97 Å². The van der Waals surface area contributed by atoms with Crippen LogP contribution in [-0.2, 0) is 0 Å². The topological polar surface area (TPSA) is 28.7 Å². The lowest BCUT2D eigenvalue weighted by Gasteiger charge is -2.06.